The molecule has 0 saturated carbocycles. The number of nitrogens with one attached hydrogen (secondary N) is 2. The summed E-state index contributed by atoms with van der Waals surface area (Å²) in [6.45, 7) is 8.07. The lowest BCUT2D eigenvalue weighted by Crippen LogP contribution is -2.28. The molecule has 5 heteroatoms. The van der Waals surface area contributed by atoms with Gasteiger partial charge in [0.05, 0.1) is 0 Å². The standard InChI is InChI=1S/C21H26N2O3/c1-14(2)18-8-5-15(3)20(11-18)26-13-21(25)22-12-17-6-9-19(10-7-17)23-16(4)24/h5-11,14H,12-13H2,1-4H3,(H,22,25)(H,23,24). The lowest BCUT2D eigenvalue weighted by atomic mass is 10.0. The third kappa shape index (κ3) is 5.92. The minimum atomic E-state index is -0.176. The summed E-state index contributed by atoms with van der Waals surface area (Å²) in [5.41, 5.74) is 3.88. The molecule has 26 heavy (non-hydrogen) atoms. The zero-order valence-corrected chi connectivity index (χ0v) is 15.8. The number of amides is 2. The van der Waals surface area contributed by atoms with Gasteiger partial charge < -0.3 is 15.4 Å². The van der Waals surface area contributed by atoms with Gasteiger partial charge in [0.1, 0.15) is 5.75 Å². The second kappa shape index (κ2) is 9.04. The third-order valence-electron chi connectivity index (χ3n) is 4.00. The van der Waals surface area contributed by atoms with Crippen LogP contribution in [-0.2, 0) is 16.1 Å². The van der Waals surface area contributed by atoms with Crippen molar-refractivity contribution in [3.63, 3.8) is 0 Å². The molecule has 2 amide bonds. The topological polar surface area (TPSA) is 67.4 Å². The van der Waals surface area contributed by atoms with Gasteiger partial charge in [0.2, 0.25) is 5.91 Å². The Hall–Kier alpha value is -2.82. The van der Waals surface area contributed by atoms with Crippen LogP contribution in [0.4, 0.5) is 5.69 Å². The number of aryl methyl sites for hydroxylation is 1. The quantitative estimate of drug-likeness (QED) is 0.795. The molecule has 138 valence electrons. The van der Waals surface area contributed by atoms with Crippen molar-refractivity contribution in [2.45, 2.75) is 40.2 Å². The fraction of sp³-hybridized carbons (Fsp3) is 0.333. The van der Waals surface area contributed by atoms with E-state index in [4.69, 9.17) is 4.74 Å². The van der Waals surface area contributed by atoms with E-state index in [9.17, 15) is 9.59 Å². The van der Waals surface area contributed by atoms with Crippen LogP contribution in [0.1, 0.15) is 43.4 Å². The van der Waals surface area contributed by atoms with Gasteiger partial charge >= 0.3 is 0 Å². The molecule has 0 bridgehead atoms. The molecule has 0 spiro atoms. The third-order valence-corrected chi connectivity index (χ3v) is 4.00. The number of ether oxygens (including phenoxy) is 1. The fourth-order valence-electron chi connectivity index (χ4n) is 2.44. The Morgan fingerprint density at radius 3 is 2.38 bits per heavy atom. The summed E-state index contributed by atoms with van der Waals surface area (Å²) in [4.78, 5) is 23.0. The summed E-state index contributed by atoms with van der Waals surface area (Å²) < 4.78 is 5.68. The number of hydrogen-bond acceptors (Lipinski definition) is 3. The minimum Gasteiger partial charge on any atom is -0.483 e. The molecule has 0 heterocycles. The highest BCUT2D eigenvalue weighted by Crippen LogP contribution is 2.24. The van der Waals surface area contributed by atoms with Crippen LogP contribution >= 0.6 is 0 Å². The number of hydrogen-bond donors (Lipinski definition) is 2. The Kier molecular flexibility index (Phi) is 6.78. The van der Waals surface area contributed by atoms with E-state index in [0.717, 1.165) is 22.6 Å². The first-order valence-electron chi connectivity index (χ1n) is 8.71. The molecule has 0 aliphatic carbocycles. The van der Waals surface area contributed by atoms with E-state index >= 15 is 0 Å². The Bertz CT molecular complexity index is 767. The molecule has 0 aliphatic heterocycles. The molecule has 0 unspecified atom stereocenters. The maximum absolute atomic E-state index is 12.0. The number of anilines is 1. The first kappa shape index (κ1) is 19.5. The predicted molar refractivity (Wildman–Crippen MR) is 103 cm³/mol. The summed E-state index contributed by atoms with van der Waals surface area (Å²) in [7, 11) is 0. The van der Waals surface area contributed by atoms with Crippen molar-refractivity contribution in [3.05, 3.63) is 59.2 Å². The predicted octanol–water partition coefficient (Wildman–Crippen LogP) is 3.77. The van der Waals surface area contributed by atoms with Gasteiger partial charge in [-0.2, -0.15) is 0 Å². The summed E-state index contributed by atoms with van der Waals surface area (Å²) in [6, 6.07) is 13.4. The zero-order chi connectivity index (χ0) is 19.1. The van der Waals surface area contributed by atoms with Crippen molar-refractivity contribution in [3.8, 4) is 5.75 Å². The minimum absolute atomic E-state index is 0.0215. The molecule has 0 saturated heterocycles. The van der Waals surface area contributed by atoms with Gasteiger partial charge in [0.15, 0.2) is 6.61 Å². The molecule has 0 fully saturated rings. The van der Waals surface area contributed by atoms with Gasteiger partial charge in [0.25, 0.3) is 5.91 Å². The van der Waals surface area contributed by atoms with Crippen LogP contribution in [0.15, 0.2) is 42.5 Å². The highest BCUT2D eigenvalue weighted by atomic mass is 16.5. The summed E-state index contributed by atoms with van der Waals surface area (Å²) >= 11 is 0. The fourth-order valence-corrected chi connectivity index (χ4v) is 2.44. The largest absolute Gasteiger partial charge is 0.483 e. The van der Waals surface area contributed by atoms with Gasteiger partial charge in [-0.05, 0) is 47.7 Å². The number of carbonyl (C=O) groups is 2. The second-order valence-electron chi connectivity index (χ2n) is 6.62. The monoisotopic (exact) mass is 354 g/mol. The first-order chi connectivity index (χ1) is 12.3. The molecule has 2 N–H and O–H groups in total. The van der Waals surface area contributed by atoms with Crippen LogP contribution in [0.5, 0.6) is 5.75 Å². The van der Waals surface area contributed by atoms with Crippen molar-refractivity contribution in [2.75, 3.05) is 11.9 Å². The average Bonchev–Trinajstić information content (AvgIpc) is 2.59. The lowest BCUT2D eigenvalue weighted by Gasteiger charge is -2.13. The van der Waals surface area contributed by atoms with E-state index in [-0.39, 0.29) is 18.4 Å². The van der Waals surface area contributed by atoms with Gasteiger partial charge in [-0.15, -0.1) is 0 Å². The molecule has 0 aliphatic rings. The Morgan fingerprint density at radius 2 is 1.77 bits per heavy atom. The maximum atomic E-state index is 12.0. The van der Waals surface area contributed by atoms with Crippen LogP contribution < -0.4 is 15.4 Å². The van der Waals surface area contributed by atoms with Gasteiger partial charge in [0, 0.05) is 19.2 Å². The van der Waals surface area contributed by atoms with E-state index in [1.807, 2.05) is 31.2 Å². The lowest BCUT2D eigenvalue weighted by molar-refractivity contribution is -0.123. The van der Waals surface area contributed by atoms with Gasteiger partial charge in [-0.1, -0.05) is 38.1 Å². The molecule has 2 aromatic rings. The highest BCUT2D eigenvalue weighted by molar-refractivity contribution is 5.88. The van der Waals surface area contributed by atoms with Crippen LogP contribution in [0.3, 0.4) is 0 Å². The molecular weight excluding hydrogens is 328 g/mol. The van der Waals surface area contributed by atoms with Gasteiger partial charge in [-0.25, -0.2) is 0 Å². The van der Waals surface area contributed by atoms with Crippen LogP contribution in [0.25, 0.3) is 0 Å². The van der Waals surface area contributed by atoms with E-state index < -0.39 is 0 Å². The van der Waals surface area contributed by atoms with Gasteiger partial charge in [-0.3, -0.25) is 9.59 Å². The smallest absolute Gasteiger partial charge is 0.258 e. The van der Waals surface area contributed by atoms with Crippen molar-refractivity contribution < 1.29 is 14.3 Å². The summed E-state index contributed by atoms with van der Waals surface area (Å²) in [6.07, 6.45) is 0. The molecule has 2 rings (SSSR count). The number of benzene rings is 2. The van der Waals surface area contributed by atoms with E-state index in [1.54, 1.807) is 12.1 Å². The zero-order valence-electron chi connectivity index (χ0n) is 15.8. The number of rotatable bonds is 7. The molecule has 0 aromatic heterocycles. The summed E-state index contributed by atoms with van der Waals surface area (Å²) in [5.74, 6) is 0.864. The number of carbonyl (C=O) groups excluding carboxylic acids is 2. The molecule has 5 nitrogen and oxygen atoms in total. The highest BCUT2D eigenvalue weighted by Gasteiger charge is 2.08. The van der Waals surface area contributed by atoms with Crippen LogP contribution in [0.2, 0.25) is 0 Å². The van der Waals surface area contributed by atoms with Crippen molar-refractivity contribution in [2.24, 2.45) is 0 Å². The van der Waals surface area contributed by atoms with Crippen LogP contribution in [-0.4, -0.2) is 18.4 Å². The second-order valence-corrected chi connectivity index (χ2v) is 6.62. The van der Waals surface area contributed by atoms with Crippen molar-refractivity contribution in [1.29, 1.82) is 0 Å². The molecule has 2 aromatic carbocycles. The van der Waals surface area contributed by atoms with Crippen LogP contribution in [0, 0.1) is 6.92 Å². The van der Waals surface area contributed by atoms with Crippen molar-refractivity contribution >= 4 is 17.5 Å². The van der Waals surface area contributed by atoms with E-state index in [2.05, 4.69) is 30.5 Å². The maximum Gasteiger partial charge on any atom is 0.258 e. The Morgan fingerprint density at radius 1 is 1.08 bits per heavy atom. The summed E-state index contributed by atoms with van der Waals surface area (Å²) in [5, 5.41) is 5.54. The van der Waals surface area contributed by atoms with E-state index in [1.165, 1.54) is 12.5 Å². The Balaban J connectivity index is 1.84. The van der Waals surface area contributed by atoms with E-state index in [0.29, 0.717) is 12.5 Å². The first-order valence-corrected chi connectivity index (χ1v) is 8.71. The van der Waals surface area contributed by atoms with Crippen molar-refractivity contribution in [1.82, 2.24) is 5.32 Å². The Labute approximate surface area is 154 Å². The normalized spacial score (nSPS) is 10.5. The molecule has 0 radical (unpaired) electrons. The SMILES string of the molecule is CC(=O)Nc1ccc(CNC(=O)COc2cc(C(C)C)ccc2C)cc1. The molecular formula is C21H26N2O3. The molecule has 0 atom stereocenters. The average molecular weight is 354 g/mol.